The van der Waals surface area contributed by atoms with Crippen LogP contribution in [0.5, 0.6) is 0 Å². The third kappa shape index (κ3) is 2.29. The van der Waals surface area contributed by atoms with Crippen LogP contribution in [-0.4, -0.2) is 19.1 Å². The van der Waals surface area contributed by atoms with Crippen LogP contribution in [-0.2, 0) is 13.6 Å². The molecule has 0 radical (unpaired) electrons. The van der Waals surface area contributed by atoms with Gasteiger partial charge in [-0.25, -0.2) is 9.97 Å². The Morgan fingerprint density at radius 1 is 1.22 bits per heavy atom. The minimum atomic E-state index is -0.608. The van der Waals surface area contributed by atoms with E-state index in [1.54, 1.807) is 13.0 Å². The normalized spacial score (nSPS) is 10.6. The molecule has 0 spiro atoms. The summed E-state index contributed by atoms with van der Waals surface area (Å²) in [7, 11) is 1.52. The molecule has 0 saturated carbocycles. The van der Waals surface area contributed by atoms with E-state index >= 15 is 0 Å². The molecule has 0 saturated heterocycles. The van der Waals surface area contributed by atoms with Gasteiger partial charge in [-0.15, -0.1) is 0 Å². The van der Waals surface area contributed by atoms with Crippen LogP contribution < -0.4 is 16.9 Å². The average Bonchev–Trinajstić information content (AvgIpc) is 2.29. The minimum Gasteiger partial charge on any atom is -0.384 e. The number of aryl methyl sites for hydroxylation is 2. The average molecular weight is 247 g/mol. The smallest absolute Gasteiger partial charge is 0.316 e. The van der Waals surface area contributed by atoms with Crippen molar-refractivity contribution in [3.05, 3.63) is 50.7 Å². The molecule has 0 unspecified atom stereocenters. The molecule has 7 heteroatoms. The zero-order valence-electron chi connectivity index (χ0n) is 10.1. The number of nitrogens with two attached hydrogens (primary N) is 1. The Bertz CT molecular complexity index is 681. The number of hydrogen-bond donors (Lipinski definition) is 1. The van der Waals surface area contributed by atoms with Crippen molar-refractivity contribution in [2.75, 3.05) is 5.73 Å². The Labute approximate surface area is 103 Å². The molecule has 0 fully saturated rings. The van der Waals surface area contributed by atoms with E-state index in [9.17, 15) is 9.59 Å². The predicted octanol–water partition coefficient (Wildman–Crippen LogP) is -0.724. The molecule has 0 bridgehead atoms. The van der Waals surface area contributed by atoms with Crippen molar-refractivity contribution in [1.29, 1.82) is 0 Å². The summed E-state index contributed by atoms with van der Waals surface area (Å²) < 4.78 is 2.49. The lowest BCUT2D eigenvalue weighted by molar-refractivity contribution is 0.668. The Hall–Kier alpha value is -2.44. The van der Waals surface area contributed by atoms with Gasteiger partial charge in [0, 0.05) is 31.2 Å². The van der Waals surface area contributed by atoms with Crippen molar-refractivity contribution in [1.82, 2.24) is 19.1 Å². The third-order valence-electron chi connectivity index (χ3n) is 2.47. The second-order valence-electron chi connectivity index (χ2n) is 4.00. The molecule has 94 valence electrons. The fourth-order valence-corrected chi connectivity index (χ4v) is 1.59. The van der Waals surface area contributed by atoms with Gasteiger partial charge in [0.2, 0.25) is 0 Å². The molecular weight excluding hydrogens is 234 g/mol. The molecule has 18 heavy (non-hydrogen) atoms. The molecule has 2 N–H and O–H groups in total. The van der Waals surface area contributed by atoms with Gasteiger partial charge in [-0.1, -0.05) is 0 Å². The number of anilines is 1. The zero-order chi connectivity index (χ0) is 13.3. The van der Waals surface area contributed by atoms with E-state index in [0.29, 0.717) is 11.6 Å². The molecule has 0 amide bonds. The minimum absolute atomic E-state index is 0.126. The molecule has 2 rings (SSSR count). The van der Waals surface area contributed by atoms with Crippen LogP contribution in [0, 0.1) is 6.92 Å². The van der Waals surface area contributed by atoms with Gasteiger partial charge in [0.1, 0.15) is 5.82 Å². The predicted molar refractivity (Wildman–Crippen MR) is 66.2 cm³/mol. The van der Waals surface area contributed by atoms with Gasteiger partial charge in [-0.3, -0.25) is 9.59 Å². The number of nitrogens with zero attached hydrogens (tertiary/aromatic N) is 4. The van der Waals surface area contributed by atoms with E-state index in [1.807, 2.05) is 0 Å². The van der Waals surface area contributed by atoms with Crippen LogP contribution in [0.1, 0.15) is 11.5 Å². The summed E-state index contributed by atoms with van der Waals surface area (Å²) in [5.41, 5.74) is 5.13. The molecular formula is C11H13N5O2. The van der Waals surface area contributed by atoms with Gasteiger partial charge in [0.15, 0.2) is 5.82 Å². The number of nitrogen functional groups attached to an aromatic ring is 1. The standard InChI is InChI=1S/C11H13N5O2/c1-7-5-8(12)14-9(13-7)6-16-4-3-15(2)10(17)11(16)18/h3-5H,6H2,1-2H3,(H2,12,13,14). The number of rotatable bonds is 2. The molecule has 7 nitrogen and oxygen atoms in total. The van der Waals surface area contributed by atoms with Gasteiger partial charge in [-0.05, 0) is 6.92 Å². The molecule has 0 atom stereocenters. The third-order valence-corrected chi connectivity index (χ3v) is 2.47. The lowest BCUT2D eigenvalue weighted by atomic mass is 10.4. The van der Waals surface area contributed by atoms with Crippen molar-refractivity contribution < 1.29 is 0 Å². The maximum atomic E-state index is 11.7. The van der Waals surface area contributed by atoms with Gasteiger partial charge in [0.25, 0.3) is 0 Å². The summed E-state index contributed by atoms with van der Waals surface area (Å²) in [6.07, 6.45) is 3.04. The van der Waals surface area contributed by atoms with Crippen molar-refractivity contribution in [3.8, 4) is 0 Å². The summed E-state index contributed by atoms with van der Waals surface area (Å²) in [6, 6.07) is 1.64. The Kier molecular flexibility index (Phi) is 2.97. The fraction of sp³-hybridized carbons (Fsp3) is 0.273. The van der Waals surface area contributed by atoms with Gasteiger partial charge in [-0.2, -0.15) is 0 Å². The highest BCUT2D eigenvalue weighted by Gasteiger charge is 2.06. The summed E-state index contributed by atoms with van der Waals surface area (Å²) in [4.78, 5) is 31.4. The summed E-state index contributed by atoms with van der Waals surface area (Å²) in [5.74, 6) is 0.747. The molecule has 2 aromatic rings. The topological polar surface area (TPSA) is 95.8 Å². The van der Waals surface area contributed by atoms with Crippen LogP contribution in [0.3, 0.4) is 0 Å². The first kappa shape index (κ1) is 12.0. The van der Waals surface area contributed by atoms with Gasteiger partial charge in [0.05, 0.1) is 6.54 Å². The molecule has 0 aliphatic rings. The lowest BCUT2D eigenvalue weighted by Crippen LogP contribution is -2.39. The van der Waals surface area contributed by atoms with Crippen molar-refractivity contribution in [2.24, 2.45) is 7.05 Å². The highest BCUT2D eigenvalue weighted by Crippen LogP contribution is 2.02. The van der Waals surface area contributed by atoms with Crippen LogP contribution in [0.15, 0.2) is 28.0 Å². The number of aromatic nitrogens is 4. The maximum Gasteiger partial charge on any atom is 0.316 e. The molecule has 0 aromatic carbocycles. The fourth-order valence-electron chi connectivity index (χ4n) is 1.59. The highest BCUT2D eigenvalue weighted by atomic mass is 16.2. The van der Waals surface area contributed by atoms with Gasteiger partial charge >= 0.3 is 11.1 Å². The van der Waals surface area contributed by atoms with Crippen molar-refractivity contribution in [2.45, 2.75) is 13.5 Å². The van der Waals surface area contributed by atoms with E-state index in [1.165, 1.54) is 28.6 Å². The van der Waals surface area contributed by atoms with E-state index in [0.717, 1.165) is 5.69 Å². The molecule has 2 heterocycles. The summed E-state index contributed by atoms with van der Waals surface area (Å²) in [5, 5.41) is 0. The first-order chi connectivity index (χ1) is 8.47. The van der Waals surface area contributed by atoms with Crippen LogP contribution in [0.4, 0.5) is 5.82 Å². The molecule has 2 aromatic heterocycles. The second kappa shape index (κ2) is 4.44. The van der Waals surface area contributed by atoms with Crippen molar-refractivity contribution >= 4 is 5.82 Å². The van der Waals surface area contributed by atoms with E-state index in [2.05, 4.69) is 9.97 Å². The molecule has 0 aliphatic carbocycles. The van der Waals surface area contributed by atoms with Crippen LogP contribution in [0.2, 0.25) is 0 Å². The quantitative estimate of drug-likeness (QED) is 0.706. The largest absolute Gasteiger partial charge is 0.384 e. The Morgan fingerprint density at radius 3 is 2.61 bits per heavy atom. The SMILES string of the molecule is Cc1cc(N)nc(Cn2ccn(C)c(=O)c2=O)n1. The van der Waals surface area contributed by atoms with E-state index in [4.69, 9.17) is 5.73 Å². The first-order valence-electron chi connectivity index (χ1n) is 5.33. The van der Waals surface area contributed by atoms with Gasteiger partial charge < -0.3 is 14.9 Å². The summed E-state index contributed by atoms with van der Waals surface area (Å²) in [6.45, 7) is 1.91. The number of hydrogen-bond acceptors (Lipinski definition) is 5. The van der Waals surface area contributed by atoms with E-state index in [-0.39, 0.29) is 6.54 Å². The Balaban J connectivity index is 2.44. The first-order valence-corrected chi connectivity index (χ1v) is 5.33. The second-order valence-corrected chi connectivity index (χ2v) is 4.00. The lowest BCUT2D eigenvalue weighted by Gasteiger charge is -2.06. The van der Waals surface area contributed by atoms with Crippen molar-refractivity contribution in [3.63, 3.8) is 0 Å². The van der Waals surface area contributed by atoms with Crippen LogP contribution >= 0.6 is 0 Å². The van der Waals surface area contributed by atoms with Crippen LogP contribution in [0.25, 0.3) is 0 Å². The zero-order valence-corrected chi connectivity index (χ0v) is 10.1. The summed E-state index contributed by atoms with van der Waals surface area (Å²) >= 11 is 0. The monoisotopic (exact) mass is 247 g/mol. The molecule has 0 aliphatic heterocycles. The highest BCUT2D eigenvalue weighted by molar-refractivity contribution is 5.29. The Morgan fingerprint density at radius 2 is 1.94 bits per heavy atom. The van der Waals surface area contributed by atoms with E-state index < -0.39 is 11.1 Å². The maximum absolute atomic E-state index is 11.7.